The van der Waals surface area contributed by atoms with E-state index in [1.165, 1.54) is 6.07 Å². The van der Waals surface area contributed by atoms with Gasteiger partial charge in [0.2, 0.25) is 0 Å². The molecule has 0 radical (unpaired) electrons. The van der Waals surface area contributed by atoms with Crippen molar-refractivity contribution in [3.05, 3.63) is 45.7 Å². The fourth-order valence-corrected chi connectivity index (χ4v) is 1.49. The summed E-state index contributed by atoms with van der Waals surface area (Å²) in [5, 5.41) is 2.62. The summed E-state index contributed by atoms with van der Waals surface area (Å²) in [5.41, 5.74) is 1.16. The number of hydrogen-bond acceptors (Lipinski definition) is 1. The second-order valence-corrected chi connectivity index (χ2v) is 4.45. The van der Waals surface area contributed by atoms with Crippen molar-refractivity contribution in [2.45, 2.75) is 13.8 Å². The molecule has 16 heavy (non-hydrogen) atoms. The van der Waals surface area contributed by atoms with Crippen LogP contribution in [0.1, 0.15) is 24.2 Å². The van der Waals surface area contributed by atoms with Crippen LogP contribution in [0.4, 0.5) is 4.39 Å². The van der Waals surface area contributed by atoms with Gasteiger partial charge in [-0.15, -0.1) is 0 Å². The van der Waals surface area contributed by atoms with E-state index in [2.05, 4.69) is 21.2 Å². The van der Waals surface area contributed by atoms with Gasteiger partial charge in [0.05, 0.1) is 10.0 Å². The predicted molar refractivity (Wildman–Crippen MR) is 65.9 cm³/mol. The summed E-state index contributed by atoms with van der Waals surface area (Å²) in [6, 6.07) is 4.64. The Labute approximate surface area is 103 Å². The van der Waals surface area contributed by atoms with E-state index >= 15 is 0 Å². The van der Waals surface area contributed by atoms with Crippen LogP contribution in [0.2, 0.25) is 0 Å². The van der Waals surface area contributed by atoms with Gasteiger partial charge in [-0.3, -0.25) is 4.79 Å². The van der Waals surface area contributed by atoms with Gasteiger partial charge < -0.3 is 5.32 Å². The molecule has 1 aromatic rings. The Morgan fingerprint density at radius 2 is 2.19 bits per heavy atom. The van der Waals surface area contributed by atoms with Crippen molar-refractivity contribution < 1.29 is 9.18 Å². The van der Waals surface area contributed by atoms with Crippen molar-refractivity contribution in [1.29, 1.82) is 0 Å². The molecule has 1 N–H and O–H groups in total. The van der Waals surface area contributed by atoms with Crippen LogP contribution in [-0.2, 0) is 0 Å². The van der Waals surface area contributed by atoms with Gasteiger partial charge >= 0.3 is 0 Å². The predicted octanol–water partition coefficient (Wildman–Crippen LogP) is 3.28. The average molecular weight is 286 g/mol. The zero-order valence-electron chi connectivity index (χ0n) is 9.18. The number of carbonyl (C=O) groups is 1. The first-order valence-electron chi connectivity index (χ1n) is 4.88. The number of carbonyl (C=O) groups excluding carboxylic acids is 1. The van der Waals surface area contributed by atoms with Gasteiger partial charge in [-0.25, -0.2) is 4.39 Å². The molecule has 0 bridgehead atoms. The lowest BCUT2D eigenvalue weighted by molar-refractivity contribution is 0.0954. The number of nitrogens with one attached hydrogen (secondary N) is 1. The molecule has 0 aromatic heterocycles. The Kier molecular flexibility index (Phi) is 4.68. The molecule has 1 rings (SSSR count). The Hall–Kier alpha value is -1.16. The first kappa shape index (κ1) is 12.9. The van der Waals surface area contributed by atoms with Gasteiger partial charge in [-0.1, -0.05) is 17.7 Å². The maximum Gasteiger partial charge on any atom is 0.254 e. The maximum atomic E-state index is 13.5. The molecule has 0 spiro atoms. The SMILES string of the molecule is CC(C)=CCNC(=O)c1cccc(Br)c1F. The highest BCUT2D eigenvalue weighted by atomic mass is 79.9. The first-order valence-corrected chi connectivity index (χ1v) is 5.67. The Bertz CT molecular complexity index is 425. The van der Waals surface area contributed by atoms with Crippen molar-refractivity contribution in [3.8, 4) is 0 Å². The van der Waals surface area contributed by atoms with Crippen LogP contribution in [0.25, 0.3) is 0 Å². The minimum absolute atomic E-state index is 0.0523. The molecule has 0 atom stereocenters. The summed E-state index contributed by atoms with van der Waals surface area (Å²) in [5.74, 6) is -0.937. The molecule has 0 aliphatic carbocycles. The molecule has 0 aliphatic heterocycles. The second kappa shape index (κ2) is 5.80. The molecule has 0 fully saturated rings. The van der Waals surface area contributed by atoms with Crippen LogP contribution in [0.3, 0.4) is 0 Å². The van der Waals surface area contributed by atoms with E-state index in [9.17, 15) is 9.18 Å². The fourth-order valence-electron chi connectivity index (χ4n) is 1.12. The zero-order chi connectivity index (χ0) is 12.1. The minimum atomic E-state index is -0.530. The van der Waals surface area contributed by atoms with Crippen LogP contribution >= 0.6 is 15.9 Å². The molecule has 0 heterocycles. The molecule has 1 amide bonds. The number of allylic oxidation sites excluding steroid dienone is 1. The third kappa shape index (κ3) is 3.45. The highest BCUT2D eigenvalue weighted by Gasteiger charge is 2.12. The monoisotopic (exact) mass is 285 g/mol. The molecular formula is C12H13BrFNO. The summed E-state index contributed by atoms with van der Waals surface area (Å²) < 4.78 is 13.8. The number of rotatable bonds is 3. The number of amides is 1. The summed E-state index contributed by atoms with van der Waals surface area (Å²) in [7, 11) is 0. The zero-order valence-corrected chi connectivity index (χ0v) is 10.8. The van der Waals surface area contributed by atoms with Crippen molar-refractivity contribution in [1.82, 2.24) is 5.32 Å². The highest BCUT2D eigenvalue weighted by Crippen LogP contribution is 2.18. The van der Waals surface area contributed by atoms with E-state index in [-0.39, 0.29) is 5.56 Å². The summed E-state index contributed by atoms with van der Waals surface area (Å²) >= 11 is 3.04. The molecule has 0 saturated heterocycles. The van der Waals surface area contributed by atoms with Crippen molar-refractivity contribution in [2.24, 2.45) is 0 Å². The lowest BCUT2D eigenvalue weighted by atomic mass is 10.2. The molecule has 0 saturated carbocycles. The Morgan fingerprint density at radius 3 is 2.81 bits per heavy atom. The number of hydrogen-bond donors (Lipinski definition) is 1. The molecule has 0 unspecified atom stereocenters. The second-order valence-electron chi connectivity index (χ2n) is 3.59. The van der Waals surface area contributed by atoms with E-state index < -0.39 is 11.7 Å². The third-order valence-electron chi connectivity index (χ3n) is 1.97. The Balaban J connectivity index is 2.74. The minimum Gasteiger partial charge on any atom is -0.348 e. The number of benzene rings is 1. The molecule has 1 aromatic carbocycles. The topological polar surface area (TPSA) is 29.1 Å². The van der Waals surface area contributed by atoms with Crippen molar-refractivity contribution in [2.75, 3.05) is 6.54 Å². The summed E-state index contributed by atoms with van der Waals surface area (Å²) in [6.07, 6.45) is 1.87. The molecule has 0 aliphatic rings. The van der Waals surface area contributed by atoms with Gasteiger partial charge in [0.1, 0.15) is 5.82 Å². The first-order chi connectivity index (χ1) is 7.52. The molecule has 2 nitrogen and oxygen atoms in total. The largest absolute Gasteiger partial charge is 0.348 e. The van der Waals surface area contributed by atoms with Crippen LogP contribution in [0.15, 0.2) is 34.3 Å². The van der Waals surface area contributed by atoms with E-state index in [1.807, 2.05) is 19.9 Å². The maximum absolute atomic E-state index is 13.5. The van der Waals surface area contributed by atoms with Crippen molar-refractivity contribution in [3.63, 3.8) is 0 Å². The van der Waals surface area contributed by atoms with Crippen LogP contribution in [0, 0.1) is 5.82 Å². The van der Waals surface area contributed by atoms with Gasteiger partial charge in [0.25, 0.3) is 5.91 Å². The quantitative estimate of drug-likeness (QED) is 0.849. The summed E-state index contributed by atoms with van der Waals surface area (Å²) in [4.78, 5) is 11.6. The van der Waals surface area contributed by atoms with Gasteiger partial charge in [0, 0.05) is 6.54 Å². The Morgan fingerprint density at radius 1 is 1.50 bits per heavy atom. The van der Waals surface area contributed by atoms with E-state index in [4.69, 9.17) is 0 Å². The average Bonchev–Trinajstić information content (AvgIpc) is 2.21. The van der Waals surface area contributed by atoms with Crippen LogP contribution in [0.5, 0.6) is 0 Å². The van der Waals surface area contributed by atoms with Crippen molar-refractivity contribution >= 4 is 21.8 Å². The van der Waals surface area contributed by atoms with Gasteiger partial charge in [-0.2, -0.15) is 0 Å². The summed E-state index contributed by atoms with van der Waals surface area (Å²) in [6.45, 7) is 4.28. The molecule has 86 valence electrons. The van der Waals surface area contributed by atoms with E-state index in [0.29, 0.717) is 11.0 Å². The van der Waals surface area contributed by atoms with Gasteiger partial charge in [0.15, 0.2) is 0 Å². The number of halogens is 2. The van der Waals surface area contributed by atoms with Crippen LogP contribution < -0.4 is 5.32 Å². The van der Waals surface area contributed by atoms with E-state index in [0.717, 1.165) is 5.57 Å². The third-order valence-corrected chi connectivity index (χ3v) is 2.58. The highest BCUT2D eigenvalue weighted by molar-refractivity contribution is 9.10. The lowest BCUT2D eigenvalue weighted by Crippen LogP contribution is -2.24. The molecular weight excluding hydrogens is 273 g/mol. The van der Waals surface area contributed by atoms with E-state index in [1.54, 1.807) is 12.1 Å². The fraction of sp³-hybridized carbons (Fsp3) is 0.250. The molecule has 4 heteroatoms. The normalized spacial score (nSPS) is 9.75. The lowest BCUT2D eigenvalue weighted by Gasteiger charge is -2.05. The standard InChI is InChI=1S/C12H13BrFNO/c1-8(2)6-7-15-12(16)9-4-3-5-10(13)11(9)14/h3-6H,7H2,1-2H3,(H,15,16). The van der Waals surface area contributed by atoms with Gasteiger partial charge in [-0.05, 0) is 41.9 Å². The smallest absolute Gasteiger partial charge is 0.254 e. The van der Waals surface area contributed by atoms with Crippen LogP contribution in [-0.4, -0.2) is 12.5 Å².